The molecule has 1 N–H and O–H groups in total. The molecule has 0 bridgehead atoms. The van der Waals surface area contributed by atoms with Gasteiger partial charge < -0.3 is 10.1 Å². The van der Waals surface area contributed by atoms with Crippen molar-refractivity contribution in [2.24, 2.45) is 0 Å². The monoisotopic (exact) mass is 418 g/mol. The minimum atomic E-state index is 0.491. The highest BCUT2D eigenvalue weighted by molar-refractivity contribution is 9.11. The lowest BCUT2D eigenvalue weighted by atomic mass is 10.3. The summed E-state index contributed by atoms with van der Waals surface area (Å²) in [6.45, 7) is 4.51. The first-order valence-corrected chi connectivity index (χ1v) is 8.87. The van der Waals surface area contributed by atoms with E-state index in [1.807, 2.05) is 18.2 Å². The van der Waals surface area contributed by atoms with E-state index in [2.05, 4.69) is 54.5 Å². The van der Waals surface area contributed by atoms with Gasteiger partial charge in [-0.15, -0.1) is 11.3 Å². The third kappa shape index (κ3) is 4.84. The van der Waals surface area contributed by atoms with E-state index < -0.39 is 0 Å². The van der Waals surface area contributed by atoms with E-state index >= 15 is 0 Å². The number of nitrogens with one attached hydrogen (secondary N) is 1. The summed E-state index contributed by atoms with van der Waals surface area (Å²) < 4.78 is 7.73. The van der Waals surface area contributed by atoms with Crippen molar-refractivity contribution in [2.75, 3.05) is 6.54 Å². The molecule has 0 amide bonds. The highest BCUT2D eigenvalue weighted by atomic mass is 79.9. The average Bonchev–Trinajstić information content (AvgIpc) is 2.86. The van der Waals surface area contributed by atoms with E-state index in [9.17, 15) is 0 Å². The van der Waals surface area contributed by atoms with E-state index in [1.165, 1.54) is 0 Å². The summed E-state index contributed by atoms with van der Waals surface area (Å²) in [5.41, 5.74) is 0.970. The first-order chi connectivity index (χ1) is 9.69. The summed E-state index contributed by atoms with van der Waals surface area (Å²) in [4.78, 5) is 4.55. The Hall–Kier alpha value is -0.430. The van der Waals surface area contributed by atoms with Crippen LogP contribution in [-0.4, -0.2) is 11.5 Å². The van der Waals surface area contributed by atoms with Crippen LogP contribution in [0.2, 0.25) is 0 Å². The van der Waals surface area contributed by atoms with Crippen LogP contribution in [0.25, 0.3) is 0 Å². The normalized spacial score (nSPS) is 10.8. The van der Waals surface area contributed by atoms with Crippen LogP contribution >= 0.6 is 43.2 Å². The molecule has 20 heavy (non-hydrogen) atoms. The van der Waals surface area contributed by atoms with Gasteiger partial charge in [-0.25, -0.2) is 4.98 Å². The lowest BCUT2D eigenvalue weighted by Gasteiger charge is -2.06. The van der Waals surface area contributed by atoms with Gasteiger partial charge in [0, 0.05) is 16.4 Å². The van der Waals surface area contributed by atoms with Crippen LogP contribution in [0.5, 0.6) is 5.75 Å². The summed E-state index contributed by atoms with van der Waals surface area (Å²) in [6.07, 6.45) is 1.14. The zero-order chi connectivity index (χ0) is 14.4. The molecule has 0 radical (unpaired) electrons. The standard InChI is InChI=1S/C14H16Br2N2OS/c1-2-5-17-7-14-18-11(9-20-14)8-19-13-4-3-10(15)6-12(13)16/h3-4,6,9,17H,2,5,7-8H2,1H3. The van der Waals surface area contributed by atoms with Gasteiger partial charge in [-0.1, -0.05) is 22.9 Å². The van der Waals surface area contributed by atoms with E-state index in [1.54, 1.807) is 11.3 Å². The number of hydrogen-bond acceptors (Lipinski definition) is 4. The van der Waals surface area contributed by atoms with Crippen molar-refractivity contribution < 1.29 is 4.74 Å². The van der Waals surface area contributed by atoms with Gasteiger partial charge in [-0.3, -0.25) is 0 Å². The predicted octanol–water partition coefficient (Wildman–Crippen LogP) is 4.75. The lowest BCUT2D eigenvalue weighted by molar-refractivity contribution is 0.300. The van der Waals surface area contributed by atoms with Crippen LogP contribution in [-0.2, 0) is 13.2 Å². The number of ether oxygens (including phenoxy) is 1. The maximum atomic E-state index is 5.77. The summed E-state index contributed by atoms with van der Waals surface area (Å²) in [5.74, 6) is 0.826. The minimum absolute atomic E-state index is 0.491. The summed E-state index contributed by atoms with van der Waals surface area (Å²) in [7, 11) is 0. The molecule has 0 saturated carbocycles. The molecule has 108 valence electrons. The fourth-order valence-electron chi connectivity index (χ4n) is 1.61. The van der Waals surface area contributed by atoms with Crippen LogP contribution in [0.15, 0.2) is 32.5 Å². The molecule has 0 unspecified atom stereocenters. The van der Waals surface area contributed by atoms with Gasteiger partial charge >= 0.3 is 0 Å². The Morgan fingerprint density at radius 3 is 2.95 bits per heavy atom. The molecule has 6 heteroatoms. The van der Waals surface area contributed by atoms with Crippen LogP contribution in [0.4, 0.5) is 0 Å². The zero-order valence-corrected chi connectivity index (χ0v) is 15.1. The van der Waals surface area contributed by atoms with Crippen molar-refractivity contribution in [1.29, 1.82) is 0 Å². The SMILES string of the molecule is CCCNCc1nc(COc2ccc(Br)cc2Br)cs1. The van der Waals surface area contributed by atoms with Gasteiger partial charge in [-0.05, 0) is 47.1 Å². The molecular formula is C14H16Br2N2OS. The Labute approximate surface area is 140 Å². The Bertz CT molecular complexity index is 560. The van der Waals surface area contributed by atoms with Crippen LogP contribution in [0, 0.1) is 0 Å². The number of nitrogens with zero attached hydrogens (tertiary/aromatic N) is 1. The third-order valence-corrected chi connectivity index (χ3v) is 4.58. The highest BCUT2D eigenvalue weighted by Gasteiger charge is 2.05. The summed E-state index contributed by atoms with van der Waals surface area (Å²) >= 11 is 8.58. The summed E-state index contributed by atoms with van der Waals surface area (Å²) in [6, 6.07) is 5.86. The first kappa shape index (κ1) is 15.9. The predicted molar refractivity (Wildman–Crippen MR) is 90.3 cm³/mol. The number of benzene rings is 1. The molecule has 0 aliphatic rings. The van der Waals surface area contributed by atoms with Gasteiger partial charge in [-0.2, -0.15) is 0 Å². The van der Waals surface area contributed by atoms with Crippen LogP contribution < -0.4 is 10.1 Å². The van der Waals surface area contributed by atoms with Crippen molar-refractivity contribution in [3.8, 4) is 5.75 Å². The molecule has 2 aromatic rings. The number of hydrogen-bond donors (Lipinski definition) is 1. The molecule has 0 aliphatic carbocycles. The quantitative estimate of drug-likeness (QED) is 0.657. The van der Waals surface area contributed by atoms with Crippen LogP contribution in [0.3, 0.4) is 0 Å². The van der Waals surface area contributed by atoms with Crippen molar-refractivity contribution >= 4 is 43.2 Å². The van der Waals surface area contributed by atoms with E-state index in [0.717, 1.165) is 44.9 Å². The molecular weight excluding hydrogens is 404 g/mol. The zero-order valence-electron chi connectivity index (χ0n) is 11.2. The first-order valence-electron chi connectivity index (χ1n) is 6.41. The molecule has 3 nitrogen and oxygen atoms in total. The topological polar surface area (TPSA) is 34.2 Å². The fraction of sp³-hybridized carbons (Fsp3) is 0.357. The molecule has 1 aromatic carbocycles. The second-order valence-electron chi connectivity index (χ2n) is 4.27. The number of rotatable bonds is 7. The largest absolute Gasteiger partial charge is 0.486 e. The van der Waals surface area contributed by atoms with Gasteiger partial charge in [0.2, 0.25) is 0 Å². The second-order valence-corrected chi connectivity index (χ2v) is 6.99. The molecule has 0 spiro atoms. The van der Waals surface area contributed by atoms with Gasteiger partial charge in [0.25, 0.3) is 0 Å². The van der Waals surface area contributed by atoms with Gasteiger partial charge in [0.05, 0.1) is 10.2 Å². The maximum absolute atomic E-state index is 5.77. The van der Waals surface area contributed by atoms with Crippen molar-refractivity contribution in [2.45, 2.75) is 26.5 Å². The molecule has 1 aromatic heterocycles. The Morgan fingerprint density at radius 2 is 2.20 bits per heavy atom. The van der Waals surface area contributed by atoms with E-state index in [4.69, 9.17) is 4.74 Å². The lowest BCUT2D eigenvalue weighted by Crippen LogP contribution is -2.13. The molecule has 0 aliphatic heterocycles. The number of thiazole rings is 1. The van der Waals surface area contributed by atoms with Crippen molar-refractivity contribution in [3.63, 3.8) is 0 Å². The smallest absolute Gasteiger partial charge is 0.134 e. The third-order valence-electron chi connectivity index (χ3n) is 2.57. The second kappa shape index (κ2) is 8.12. The van der Waals surface area contributed by atoms with E-state index in [0.29, 0.717) is 6.61 Å². The Balaban J connectivity index is 1.87. The van der Waals surface area contributed by atoms with Gasteiger partial charge in [0.15, 0.2) is 0 Å². The van der Waals surface area contributed by atoms with Crippen molar-refractivity contribution in [3.05, 3.63) is 43.2 Å². The molecule has 0 fully saturated rings. The Morgan fingerprint density at radius 1 is 1.35 bits per heavy atom. The summed E-state index contributed by atoms with van der Waals surface area (Å²) in [5, 5.41) is 6.50. The maximum Gasteiger partial charge on any atom is 0.134 e. The Kier molecular flexibility index (Phi) is 6.48. The van der Waals surface area contributed by atoms with Crippen molar-refractivity contribution in [1.82, 2.24) is 10.3 Å². The minimum Gasteiger partial charge on any atom is -0.486 e. The average molecular weight is 420 g/mol. The van der Waals surface area contributed by atoms with Crippen LogP contribution in [0.1, 0.15) is 24.0 Å². The molecule has 0 saturated heterocycles. The highest BCUT2D eigenvalue weighted by Crippen LogP contribution is 2.28. The molecule has 1 heterocycles. The number of aromatic nitrogens is 1. The molecule has 2 rings (SSSR count). The van der Waals surface area contributed by atoms with Gasteiger partial charge in [0.1, 0.15) is 17.4 Å². The number of halogens is 2. The van der Waals surface area contributed by atoms with E-state index in [-0.39, 0.29) is 0 Å². The fourth-order valence-corrected chi connectivity index (χ4v) is 3.52. The molecule has 0 atom stereocenters.